The molecule has 1 fully saturated rings. The first-order valence-corrected chi connectivity index (χ1v) is 8.67. The fraction of sp³-hybridized carbons (Fsp3) is 0.238. The predicted octanol–water partition coefficient (Wildman–Crippen LogP) is 3.51. The second-order valence-corrected chi connectivity index (χ2v) is 6.90. The van der Waals surface area contributed by atoms with Gasteiger partial charge >= 0.3 is 6.09 Å². The van der Waals surface area contributed by atoms with Crippen LogP contribution in [0, 0.1) is 11.3 Å². The van der Waals surface area contributed by atoms with E-state index in [1.807, 2.05) is 30.3 Å². The van der Waals surface area contributed by atoms with E-state index in [0.717, 1.165) is 35.9 Å². The Labute approximate surface area is 151 Å². The summed E-state index contributed by atoms with van der Waals surface area (Å²) in [6.07, 6.45) is 0.820. The van der Waals surface area contributed by atoms with Crippen LogP contribution in [0.4, 0.5) is 4.79 Å². The summed E-state index contributed by atoms with van der Waals surface area (Å²) < 4.78 is 1.05. The number of nitriles is 1. The van der Waals surface area contributed by atoms with Crippen molar-refractivity contribution in [2.24, 2.45) is 0 Å². The Morgan fingerprint density at radius 2 is 2.04 bits per heavy atom. The molecule has 3 aromatic rings. The van der Waals surface area contributed by atoms with E-state index in [1.165, 1.54) is 11.1 Å². The van der Waals surface area contributed by atoms with E-state index in [1.54, 1.807) is 6.07 Å². The van der Waals surface area contributed by atoms with Gasteiger partial charge in [-0.05, 0) is 48.7 Å². The van der Waals surface area contributed by atoms with Gasteiger partial charge in [0.05, 0.1) is 5.52 Å². The van der Waals surface area contributed by atoms with Crippen molar-refractivity contribution in [2.45, 2.75) is 18.3 Å². The lowest BCUT2D eigenvalue weighted by molar-refractivity contribution is 0.197. The molecule has 1 saturated heterocycles. The Morgan fingerprint density at radius 3 is 2.69 bits per heavy atom. The molecule has 2 N–H and O–H groups in total. The van der Waals surface area contributed by atoms with Crippen LogP contribution in [-0.2, 0) is 11.8 Å². The summed E-state index contributed by atoms with van der Waals surface area (Å²) in [6.45, 7) is 1.85. The summed E-state index contributed by atoms with van der Waals surface area (Å²) in [5.74, 6) is 0. The standard InChI is InChI=1S/C21H19N3O2/c22-13-18-11-16-10-17(6-7-19(16)24(18)20(25)26)21(8-9-23-14-21)12-15-4-2-1-3-5-15/h1-7,10-11,23H,8-9,12,14H2,(H,25,26). The first-order chi connectivity index (χ1) is 12.6. The number of aromatic nitrogens is 1. The average molecular weight is 345 g/mol. The van der Waals surface area contributed by atoms with E-state index in [9.17, 15) is 15.2 Å². The number of benzene rings is 2. The van der Waals surface area contributed by atoms with Crippen molar-refractivity contribution >= 4 is 17.0 Å². The van der Waals surface area contributed by atoms with E-state index in [-0.39, 0.29) is 11.1 Å². The Hall–Kier alpha value is -3.10. The number of carboxylic acid groups (broad SMARTS) is 1. The zero-order chi connectivity index (χ0) is 18.1. The Kier molecular flexibility index (Phi) is 3.98. The van der Waals surface area contributed by atoms with Gasteiger partial charge in [-0.15, -0.1) is 0 Å². The van der Waals surface area contributed by atoms with Gasteiger partial charge in [0.15, 0.2) is 0 Å². The van der Waals surface area contributed by atoms with Gasteiger partial charge in [-0.25, -0.2) is 9.36 Å². The van der Waals surface area contributed by atoms with Crippen molar-refractivity contribution in [2.75, 3.05) is 13.1 Å². The molecule has 0 saturated carbocycles. The summed E-state index contributed by atoms with van der Waals surface area (Å²) in [5.41, 5.74) is 3.15. The van der Waals surface area contributed by atoms with Gasteiger partial charge in [0, 0.05) is 17.3 Å². The van der Waals surface area contributed by atoms with Crippen molar-refractivity contribution in [3.63, 3.8) is 0 Å². The lowest BCUT2D eigenvalue weighted by Crippen LogP contribution is -2.31. The Morgan fingerprint density at radius 1 is 1.23 bits per heavy atom. The van der Waals surface area contributed by atoms with Crippen LogP contribution in [0.25, 0.3) is 10.9 Å². The van der Waals surface area contributed by atoms with Gasteiger partial charge in [-0.3, -0.25) is 0 Å². The van der Waals surface area contributed by atoms with Crippen molar-refractivity contribution in [3.8, 4) is 6.07 Å². The molecule has 1 atom stereocenters. The minimum Gasteiger partial charge on any atom is -0.464 e. The molecule has 0 amide bonds. The third-order valence-corrected chi connectivity index (χ3v) is 5.35. The monoisotopic (exact) mass is 345 g/mol. The molecule has 5 heteroatoms. The van der Waals surface area contributed by atoms with E-state index in [0.29, 0.717) is 5.52 Å². The number of fused-ring (bicyclic) bond motifs is 1. The van der Waals surface area contributed by atoms with E-state index < -0.39 is 6.09 Å². The molecule has 0 aliphatic carbocycles. The quantitative estimate of drug-likeness (QED) is 0.761. The second-order valence-electron chi connectivity index (χ2n) is 6.90. The Balaban J connectivity index is 1.81. The van der Waals surface area contributed by atoms with Crippen LogP contribution in [0.2, 0.25) is 0 Å². The fourth-order valence-corrected chi connectivity index (χ4v) is 4.06. The summed E-state index contributed by atoms with van der Waals surface area (Å²) in [5, 5.41) is 22.9. The molecular formula is C21H19N3O2. The molecule has 0 spiro atoms. The SMILES string of the molecule is N#Cc1cc2cc(C3(Cc4ccccc4)CCNC3)ccc2n1C(=O)O. The second kappa shape index (κ2) is 6.32. The zero-order valence-electron chi connectivity index (χ0n) is 14.3. The van der Waals surface area contributed by atoms with Crippen LogP contribution in [-0.4, -0.2) is 28.9 Å². The molecule has 1 aliphatic heterocycles. The molecule has 0 radical (unpaired) electrons. The molecule has 5 nitrogen and oxygen atoms in total. The van der Waals surface area contributed by atoms with Crippen molar-refractivity contribution in [3.05, 3.63) is 71.4 Å². The van der Waals surface area contributed by atoms with Crippen molar-refractivity contribution < 1.29 is 9.90 Å². The molecule has 0 bridgehead atoms. The maximum Gasteiger partial charge on any atom is 0.417 e. The molecule has 130 valence electrons. The highest BCUT2D eigenvalue weighted by atomic mass is 16.4. The van der Waals surface area contributed by atoms with Crippen LogP contribution >= 0.6 is 0 Å². The first-order valence-electron chi connectivity index (χ1n) is 8.67. The summed E-state index contributed by atoms with van der Waals surface area (Å²) in [7, 11) is 0. The summed E-state index contributed by atoms with van der Waals surface area (Å²) in [6, 6.07) is 19.9. The minimum atomic E-state index is -1.13. The molecule has 1 unspecified atom stereocenters. The Bertz CT molecular complexity index is 1010. The maximum absolute atomic E-state index is 11.5. The van der Waals surface area contributed by atoms with Crippen LogP contribution < -0.4 is 5.32 Å². The summed E-state index contributed by atoms with van der Waals surface area (Å²) in [4.78, 5) is 11.5. The van der Waals surface area contributed by atoms with Crippen molar-refractivity contribution in [1.82, 2.24) is 9.88 Å². The van der Waals surface area contributed by atoms with Crippen LogP contribution in [0.1, 0.15) is 23.2 Å². The van der Waals surface area contributed by atoms with Crippen LogP contribution in [0.5, 0.6) is 0 Å². The van der Waals surface area contributed by atoms with Crippen LogP contribution in [0.15, 0.2) is 54.6 Å². The third kappa shape index (κ3) is 2.65. The molecular weight excluding hydrogens is 326 g/mol. The molecule has 2 heterocycles. The third-order valence-electron chi connectivity index (χ3n) is 5.35. The summed E-state index contributed by atoms with van der Waals surface area (Å²) >= 11 is 0. The number of carbonyl (C=O) groups is 1. The number of nitrogens with zero attached hydrogens (tertiary/aromatic N) is 2. The van der Waals surface area contributed by atoms with Gasteiger partial charge in [0.25, 0.3) is 0 Å². The topological polar surface area (TPSA) is 78.0 Å². The van der Waals surface area contributed by atoms with Gasteiger partial charge in [-0.2, -0.15) is 5.26 Å². The largest absolute Gasteiger partial charge is 0.464 e. The lowest BCUT2D eigenvalue weighted by Gasteiger charge is -2.29. The maximum atomic E-state index is 11.5. The van der Waals surface area contributed by atoms with E-state index in [2.05, 4.69) is 29.6 Å². The first kappa shape index (κ1) is 16.4. The molecule has 26 heavy (non-hydrogen) atoms. The highest BCUT2D eigenvalue weighted by molar-refractivity contribution is 5.91. The molecule has 1 aliphatic rings. The van der Waals surface area contributed by atoms with Gasteiger partial charge < -0.3 is 10.4 Å². The molecule has 1 aromatic heterocycles. The van der Waals surface area contributed by atoms with Gasteiger partial charge in [0.2, 0.25) is 0 Å². The predicted molar refractivity (Wildman–Crippen MR) is 99.4 cm³/mol. The smallest absolute Gasteiger partial charge is 0.417 e. The van der Waals surface area contributed by atoms with Crippen molar-refractivity contribution in [1.29, 1.82) is 5.26 Å². The van der Waals surface area contributed by atoms with E-state index in [4.69, 9.17) is 0 Å². The van der Waals surface area contributed by atoms with Gasteiger partial charge in [0.1, 0.15) is 11.8 Å². The lowest BCUT2D eigenvalue weighted by atomic mass is 9.74. The van der Waals surface area contributed by atoms with Crippen LogP contribution in [0.3, 0.4) is 0 Å². The number of nitrogens with one attached hydrogen (secondary N) is 1. The number of hydrogen-bond acceptors (Lipinski definition) is 3. The molecule has 2 aromatic carbocycles. The fourth-order valence-electron chi connectivity index (χ4n) is 4.06. The zero-order valence-corrected chi connectivity index (χ0v) is 14.3. The minimum absolute atomic E-state index is 0.0202. The highest BCUT2D eigenvalue weighted by Gasteiger charge is 2.36. The molecule has 4 rings (SSSR count). The van der Waals surface area contributed by atoms with E-state index >= 15 is 0 Å². The van der Waals surface area contributed by atoms with Gasteiger partial charge in [-0.1, -0.05) is 36.4 Å². The number of hydrogen-bond donors (Lipinski definition) is 2. The normalized spacial score (nSPS) is 19.5. The average Bonchev–Trinajstić information content (AvgIpc) is 3.26. The highest BCUT2D eigenvalue weighted by Crippen LogP contribution is 2.36. The number of rotatable bonds is 3.